The molecule has 3 aromatic rings. The van der Waals surface area contributed by atoms with Crippen LogP contribution in [0.2, 0.25) is 0 Å². The fourth-order valence-corrected chi connectivity index (χ4v) is 4.38. The van der Waals surface area contributed by atoms with Gasteiger partial charge in [0.2, 0.25) is 11.8 Å². The van der Waals surface area contributed by atoms with Crippen LogP contribution < -0.4 is 4.74 Å². The molecule has 2 heterocycles. The summed E-state index contributed by atoms with van der Waals surface area (Å²) in [6.45, 7) is 4.13. The second-order valence-electron chi connectivity index (χ2n) is 8.11. The molecule has 0 bridgehead atoms. The van der Waals surface area contributed by atoms with E-state index in [1.165, 1.54) is 17.3 Å². The molecule has 1 aromatic heterocycles. The number of benzene rings is 2. The minimum absolute atomic E-state index is 0.0609. The Balaban J connectivity index is 1.61. The van der Waals surface area contributed by atoms with Crippen LogP contribution in [-0.4, -0.2) is 69.7 Å². The third kappa shape index (κ3) is 5.05. The van der Waals surface area contributed by atoms with Gasteiger partial charge in [0.15, 0.2) is 0 Å². The van der Waals surface area contributed by atoms with Crippen LogP contribution in [0.5, 0.6) is 5.75 Å². The predicted molar refractivity (Wildman–Crippen MR) is 124 cm³/mol. The van der Waals surface area contributed by atoms with E-state index in [0.29, 0.717) is 32.6 Å². The lowest BCUT2D eigenvalue weighted by molar-refractivity contribution is -0.135. The van der Waals surface area contributed by atoms with Crippen molar-refractivity contribution in [1.82, 2.24) is 24.6 Å². The van der Waals surface area contributed by atoms with Gasteiger partial charge in [0.25, 0.3) is 0 Å². The van der Waals surface area contributed by atoms with Crippen LogP contribution >= 0.6 is 0 Å². The minimum Gasteiger partial charge on any atom is -0.496 e. The minimum atomic E-state index is -0.331. The third-order valence-electron chi connectivity index (χ3n) is 6.12. The number of carbonyl (C=O) groups excluding carboxylic acids is 2. The van der Waals surface area contributed by atoms with E-state index >= 15 is 0 Å². The third-order valence-corrected chi connectivity index (χ3v) is 6.12. The topological polar surface area (TPSA) is 80.6 Å². The number of aromatic nitrogens is 3. The monoisotopic (exact) mass is 447 g/mol. The van der Waals surface area contributed by atoms with Crippen molar-refractivity contribution >= 4 is 11.8 Å². The summed E-state index contributed by atoms with van der Waals surface area (Å²) in [5, 5.41) is 4.04. The van der Waals surface area contributed by atoms with Crippen molar-refractivity contribution < 1.29 is 14.3 Å². The molecular weight excluding hydrogens is 418 g/mol. The van der Waals surface area contributed by atoms with E-state index < -0.39 is 0 Å². The first-order chi connectivity index (χ1) is 16.1. The van der Waals surface area contributed by atoms with Gasteiger partial charge >= 0.3 is 0 Å². The number of para-hydroxylation sites is 1. The van der Waals surface area contributed by atoms with Crippen LogP contribution in [0.4, 0.5) is 0 Å². The Morgan fingerprint density at radius 2 is 1.85 bits per heavy atom. The van der Waals surface area contributed by atoms with Crippen molar-refractivity contribution in [2.45, 2.75) is 19.9 Å². The van der Waals surface area contributed by atoms with E-state index in [0.717, 1.165) is 22.4 Å². The Labute approximate surface area is 193 Å². The van der Waals surface area contributed by atoms with E-state index in [1.54, 1.807) is 12.0 Å². The molecule has 8 heteroatoms. The molecule has 0 aliphatic carbocycles. The van der Waals surface area contributed by atoms with Crippen molar-refractivity contribution in [2.75, 3.05) is 33.3 Å². The average Bonchev–Trinajstić information content (AvgIpc) is 3.30. The van der Waals surface area contributed by atoms with E-state index in [9.17, 15) is 9.59 Å². The maximum atomic E-state index is 13.4. The van der Waals surface area contributed by atoms with E-state index in [2.05, 4.69) is 22.2 Å². The summed E-state index contributed by atoms with van der Waals surface area (Å²) in [5.41, 5.74) is 3.08. The first-order valence-electron chi connectivity index (χ1n) is 11.2. The van der Waals surface area contributed by atoms with Gasteiger partial charge in [0.1, 0.15) is 24.9 Å². The molecule has 0 spiro atoms. The SMILES string of the molecule is CCN1CCN(C(=O)Cn2cncn2)CC(Cc2ccccc2-c2ccccc2OC)C1=O. The summed E-state index contributed by atoms with van der Waals surface area (Å²) in [6, 6.07) is 16.0. The van der Waals surface area contributed by atoms with Crippen LogP contribution in [0.15, 0.2) is 61.2 Å². The zero-order chi connectivity index (χ0) is 23.2. The highest BCUT2D eigenvalue weighted by Gasteiger charge is 2.32. The van der Waals surface area contributed by atoms with Crippen molar-refractivity contribution in [2.24, 2.45) is 5.92 Å². The molecule has 1 aliphatic heterocycles. The molecule has 1 unspecified atom stereocenters. The molecule has 0 saturated carbocycles. The highest BCUT2D eigenvalue weighted by Crippen LogP contribution is 2.33. The summed E-state index contributed by atoms with van der Waals surface area (Å²) in [6.07, 6.45) is 3.48. The maximum absolute atomic E-state index is 13.4. The number of ether oxygens (including phenoxy) is 1. The molecule has 2 aromatic carbocycles. The van der Waals surface area contributed by atoms with Gasteiger partial charge in [0, 0.05) is 31.7 Å². The number of hydrogen-bond acceptors (Lipinski definition) is 5. The molecule has 2 amide bonds. The van der Waals surface area contributed by atoms with Gasteiger partial charge in [0.05, 0.1) is 13.0 Å². The van der Waals surface area contributed by atoms with Crippen LogP contribution in [0, 0.1) is 5.92 Å². The maximum Gasteiger partial charge on any atom is 0.244 e. The molecule has 4 rings (SSSR count). The fourth-order valence-electron chi connectivity index (χ4n) is 4.38. The van der Waals surface area contributed by atoms with Gasteiger partial charge < -0.3 is 14.5 Å². The number of carbonyl (C=O) groups is 2. The van der Waals surface area contributed by atoms with Crippen molar-refractivity contribution in [3.8, 4) is 16.9 Å². The average molecular weight is 448 g/mol. The quantitative estimate of drug-likeness (QED) is 0.556. The van der Waals surface area contributed by atoms with Crippen molar-refractivity contribution in [3.05, 3.63) is 66.7 Å². The lowest BCUT2D eigenvalue weighted by atomic mass is 9.91. The summed E-state index contributed by atoms with van der Waals surface area (Å²) in [7, 11) is 1.66. The molecule has 1 fully saturated rings. The van der Waals surface area contributed by atoms with Gasteiger partial charge in [-0.3, -0.25) is 9.59 Å². The van der Waals surface area contributed by atoms with Gasteiger partial charge in [-0.1, -0.05) is 42.5 Å². The number of rotatable bonds is 7. The van der Waals surface area contributed by atoms with Crippen LogP contribution in [0.25, 0.3) is 11.1 Å². The van der Waals surface area contributed by atoms with Crippen LogP contribution in [-0.2, 0) is 22.6 Å². The van der Waals surface area contributed by atoms with Crippen molar-refractivity contribution in [3.63, 3.8) is 0 Å². The number of amides is 2. The number of likely N-dealkylation sites (N-methyl/N-ethyl adjacent to an activating group) is 1. The van der Waals surface area contributed by atoms with E-state index in [-0.39, 0.29) is 24.3 Å². The lowest BCUT2D eigenvalue weighted by Crippen LogP contribution is -2.39. The highest BCUT2D eigenvalue weighted by atomic mass is 16.5. The number of nitrogens with zero attached hydrogens (tertiary/aromatic N) is 5. The number of methoxy groups -OCH3 is 1. The zero-order valence-corrected chi connectivity index (χ0v) is 19.1. The second-order valence-corrected chi connectivity index (χ2v) is 8.11. The second kappa shape index (κ2) is 10.3. The Morgan fingerprint density at radius 1 is 1.09 bits per heavy atom. The van der Waals surface area contributed by atoms with Crippen molar-refractivity contribution in [1.29, 1.82) is 0 Å². The Kier molecular flexibility index (Phi) is 7.02. The molecule has 1 atom stereocenters. The summed E-state index contributed by atoms with van der Waals surface area (Å²) < 4.78 is 7.09. The smallest absolute Gasteiger partial charge is 0.244 e. The molecule has 172 valence electrons. The Hall–Kier alpha value is -3.68. The largest absolute Gasteiger partial charge is 0.496 e. The van der Waals surface area contributed by atoms with Crippen LogP contribution in [0.3, 0.4) is 0 Å². The van der Waals surface area contributed by atoms with E-state index in [4.69, 9.17) is 4.74 Å². The molecule has 1 aliphatic rings. The van der Waals surface area contributed by atoms with Crippen LogP contribution in [0.1, 0.15) is 12.5 Å². The summed E-state index contributed by atoms with van der Waals surface area (Å²) in [4.78, 5) is 33.9. The summed E-state index contributed by atoms with van der Waals surface area (Å²) in [5.74, 6) is 0.484. The number of hydrogen-bond donors (Lipinski definition) is 0. The first kappa shape index (κ1) is 22.5. The molecular formula is C25H29N5O3. The van der Waals surface area contributed by atoms with Gasteiger partial charge in [-0.15, -0.1) is 0 Å². The fraction of sp³-hybridized carbons (Fsp3) is 0.360. The summed E-state index contributed by atoms with van der Waals surface area (Å²) >= 11 is 0. The molecule has 0 radical (unpaired) electrons. The Morgan fingerprint density at radius 3 is 2.58 bits per heavy atom. The zero-order valence-electron chi connectivity index (χ0n) is 19.1. The van der Waals surface area contributed by atoms with Gasteiger partial charge in [-0.2, -0.15) is 5.10 Å². The normalized spacial score (nSPS) is 16.5. The lowest BCUT2D eigenvalue weighted by Gasteiger charge is -2.24. The first-order valence-corrected chi connectivity index (χ1v) is 11.2. The predicted octanol–water partition coefficient (Wildman–Crippen LogP) is 2.50. The van der Waals surface area contributed by atoms with Gasteiger partial charge in [-0.05, 0) is 30.5 Å². The highest BCUT2D eigenvalue weighted by molar-refractivity contribution is 5.83. The molecule has 33 heavy (non-hydrogen) atoms. The van der Waals surface area contributed by atoms with Gasteiger partial charge in [-0.25, -0.2) is 9.67 Å². The standard InChI is InChI=1S/C25H29N5O3/c1-3-28-12-13-29(24(31)16-30-18-26-17-27-30)15-20(25(28)32)14-19-8-4-5-9-21(19)22-10-6-7-11-23(22)33-2/h4-11,17-18,20H,3,12-16H2,1-2H3. The van der Waals surface area contributed by atoms with E-state index in [1.807, 2.05) is 48.2 Å². The Bertz CT molecular complexity index is 1100. The molecule has 1 saturated heterocycles. The molecule has 8 nitrogen and oxygen atoms in total. The molecule has 0 N–H and O–H groups in total.